The molecule has 2 aromatic heterocycles. The van der Waals surface area contributed by atoms with Gasteiger partial charge in [-0.25, -0.2) is 0 Å². The van der Waals surface area contributed by atoms with Gasteiger partial charge in [-0.2, -0.15) is 20.1 Å². The third-order valence-corrected chi connectivity index (χ3v) is 4.94. The van der Waals surface area contributed by atoms with Gasteiger partial charge in [0, 0.05) is 30.2 Å². The van der Waals surface area contributed by atoms with E-state index >= 15 is 0 Å². The Morgan fingerprint density at radius 3 is 2.88 bits per heavy atom. The predicted molar refractivity (Wildman–Crippen MR) is 100 cm³/mol. The number of halogens is 2. The SMILES string of the molecule is CN(CCOC(F)F)CCc1c[nH]c2cccc(OCc3ccsc3)c12. The monoisotopic (exact) mass is 380 g/mol. The zero-order chi connectivity index (χ0) is 18.4. The highest BCUT2D eigenvalue weighted by molar-refractivity contribution is 7.07. The molecule has 0 bridgehead atoms. The van der Waals surface area contributed by atoms with Crippen LogP contribution in [-0.4, -0.2) is 43.2 Å². The topological polar surface area (TPSA) is 37.5 Å². The Hall–Kier alpha value is -1.96. The number of alkyl halides is 2. The number of likely N-dealkylation sites (N-methyl/N-ethyl adjacent to an activating group) is 1. The minimum absolute atomic E-state index is 0.0249. The summed E-state index contributed by atoms with van der Waals surface area (Å²) >= 11 is 1.65. The lowest BCUT2D eigenvalue weighted by Crippen LogP contribution is -2.26. The fourth-order valence-electron chi connectivity index (χ4n) is 2.79. The number of hydrogen-bond acceptors (Lipinski definition) is 4. The number of aromatic nitrogens is 1. The van der Waals surface area contributed by atoms with Crippen molar-refractivity contribution in [1.29, 1.82) is 0 Å². The van der Waals surface area contributed by atoms with Gasteiger partial charge in [-0.05, 0) is 53.6 Å². The first-order valence-electron chi connectivity index (χ1n) is 8.44. The molecule has 0 amide bonds. The average Bonchev–Trinajstić information content (AvgIpc) is 3.28. The highest BCUT2D eigenvalue weighted by Gasteiger charge is 2.11. The Bertz CT molecular complexity index is 805. The molecule has 2 heterocycles. The predicted octanol–water partition coefficient (Wildman–Crippen LogP) is 4.52. The van der Waals surface area contributed by atoms with Crippen molar-refractivity contribution in [1.82, 2.24) is 9.88 Å². The summed E-state index contributed by atoms with van der Waals surface area (Å²) in [6.45, 7) is -0.929. The van der Waals surface area contributed by atoms with Crippen LogP contribution in [0.25, 0.3) is 10.9 Å². The van der Waals surface area contributed by atoms with E-state index in [1.54, 1.807) is 11.3 Å². The van der Waals surface area contributed by atoms with Gasteiger partial charge in [0.1, 0.15) is 12.4 Å². The van der Waals surface area contributed by atoms with Crippen LogP contribution in [-0.2, 0) is 17.8 Å². The molecule has 0 radical (unpaired) electrons. The standard InChI is InChI=1S/C19H22F2N2O2S/c1-23(8-9-24-19(20)21)7-5-15-11-22-16-3-2-4-17(18(15)16)25-12-14-6-10-26-13-14/h2-4,6,10-11,13,19,22H,5,7-9,12H2,1H3. The van der Waals surface area contributed by atoms with E-state index in [9.17, 15) is 8.78 Å². The molecule has 3 aromatic rings. The summed E-state index contributed by atoms with van der Waals surface area (Å²) in [6, 6.07) is 8.03. The number of benzene rings is 1. The molecular weight excluding hydrogens is 358 g/mol. The smallest absolute Gasteiger partial charge is 0.345 e. The zero-order valence-corrected chi connectivity index (χ0v) is 15.4. The second-order valence-corrected chi connectivity index (χ2v) is 6.88. The van der Waals surface area contributed by atoms with Crippen molar-refractivity contribution >= 4 is 22.2 Å². The number of hydrogen-bond donors (Lipinski definition) is 1. The molecule has 0 atom stereocenters. The van der Waals surface area contributed by atoms with E-state index in [1.807, 2.05) is 41.7 Å². The van der Waals surface area contributed by atoms with Gasteiger partial charge >= 0.3 is 6.61 Å². The summed E-state index contributed by atoms with van der Waals surface area (Å²) in [5.74, 6) is 0.855. The van der Waals surface area contributed by atoms with Gasteiger partial charge in [0.15, 0.2) is 0 Å². The molecule has 0 spiro atoms. The molecule has 0 saturated carbocycles. The van der Waals surface area contributed by atoms with E-state index in [-0.39, 0.29) is 6.61 Å². The summed E-state index contributed by atoms with van der Waals surface area (Å²) in [6.07, 6.45) is 2.79. The second kappa shape index (κ2) is 9.12. The largest absolute Gasteiger partial charge is 0.488 e. The first-order valence-corrected chi connectivity index (χ1v) is 9.39. The third-order valence-electron chi connectivity index (χ3n) is 4.20. The lowest BCUT2D eigenvalue weighted by molar-refractivity contribution is -0.131. The summed E-state index contributed by atoms with van der Waals surface area (Å²) in [4.78, 5) is 5.27. The Morgan fingerprint density at radius 1 is 1.23 bits per heavy atom. The number of rotatable bonds is 10. The average molecular weight is 380 g/mol. The molecular formula is C19H22F2N2O2S. The van der Waals surface area contributed by atoms with Crippen LogP contribution >= 0.6 is 11.3 Å². The summed E-state index contributed by atoms with van der Waals surface area (Å²) in [5.41, 5.74) is 3.34. The summed E-state index contributed by atoms with van der Waals surface area (Å²) in [5, 5.41) is 5.20. The zero-order valence-electron chi connectivity index (χ0n) is 14.6. The first-order chi connectivity index (χ1) is 12.6. The van der Waals surface area contributed by atoms with Gasteiger partial charge < -0.3 is 19.4 Å². The van der Waals surface area contributed by atoms with Gasteiger partial charge in [-0.1, -0.05) is 6.07 Å². The Kier molecular flexibility index (Phi) is 6.60. The summed E-state index contributed by atoms with van der Waals surface area (Å²) in [7, 11) is 1.90. The number of H-pyrrole nitrogens is 1. The molecule has 0 fully saturated rings. The molecule has 1 aromatic carbocycles. The molecule has 26 heavy (non-hydrogen) atoms. The van der Waals surface area contributed by atoms with Crippen molar-refractivity contribution in [3.05, 3.63) is 52.3 Å². The van der Waals surface area contributed by atoms with Crippen LogP contribution in [0.5, 0.6) is 5.75 Å². The third kappa shape index (κ3) is 5.03. The Balaban J connectivity index is 1.63. The highest BCUT2D eigenvalue weighted by atomic mass is 32.1. The molecule has 0 aliphatic carbocycles. The summed E-state index contributed by atoms with van der Waals surface area (Å²) < 4.78 is 34.4. The van der Waals surface area contributed by atoms with Crippen LogP contribution < -0.4 is 4.74 Å². The maximum atomic E-state index is 12.0. The van der Waals surface area contributed by atoms with Crippen molar-refractivity contribution in [2.75, 3.05) is 26.7 Å². The molecule has 0 aliphatic rings. The van der Waals surface area contributed by atoms with Gasteiger partial charge in [0.25, 0.3) is 0 Å². The van der Waals surface area contributed by atoms with Crippen LogP contribution in [0.1, 0.15) is 11.1 Å². The maximum absolute atomic E-state index is 12.0. The number of nitrogens with one attached hydrogen (secondary N) is 1. The molecule has 140 valence electrons. The molecule has 0 saturated heterocycles. The molecule has 0 aliphatic heterocycles. The first kappa shape index (κ1) is 18.8. The van der Waals surface area contributed by atoms with E-state index in [0.29, 0.717) is 13.2 Å². The van der Waals surface area contributed by atoms with Gasteiger partial charge in [0.2, 0.25) is 0 Å². The maximum Gasteiger partial charge on any atom is 0.345 e. The number of thiophene rings is 1. The van der Waals surface area contributed by atoms with E-state index in [1.165, 1.54) is 0 Å². The Morgan fingerprint density at radius 2 is 2.12 bits per heavy atom. The number of nitrogens with zero attached hydrogens (tertiary/aromatic N) is 1. The molecule has 4 nitrogen and oxygen atoms in total. The van der Waals surface area contributed by atoms with Crippen LogP contribution in [0.3, 0.4) is 0 Å². The van der Waals surface area contributed by atoms with Crippen molar-refractivity contribution in [3.8, 4) is 5.75 Å². The van der Waals surface area contributed by atoms with Crippen molar-refractivity contribution in [2.45, 2.75) is 19.6 Å². The van der Waals surface area contributed by atoms with Crippen LogP contribution in [0.15, 0.2) is 41.2 Å². The normalized spacial score (nSPS) is 11.7. The van der Waals surface area contributed by atoms with Gasteiger partial charge in [0.05, 0.1) is 6.61 Å². The molecule has 0 unspecified atom stereocenters. The van der Waals surface area contributed by atoms with Crippen molar-refractivity contribution < 1.29 is 18.3 Å². The van der Waals surface area contributed by atoms with Crippen molar-refractivity contribution in [2.24, 2.45) is 0 Å². The number of ether oxygens (including phenoxy) is 2. The number of fused-ring (bicyclic) bond motifs is 1. The lowest BCUT2D eigenvalue weighted by Gasteiger charge is -2.16. The fourth-order valence-corrected chi connectivity index (χ4v) is 3.45. The molecule has 3 rings (SSSR count). The lowest BCUT2D eigenvalue weighted by atomic mass is 10.1. The van der Waals surface area contributed by atoms with Crippen LogP contribution in [0.4, 0.5) is 8.78 Å². The minimum atomic E-state index is -2.71. The van der Waals surface area contributed by atoms with Crippen molar-refractivity contribution in [3.63, 3.8) is 0 Å². The van der Waals surface area contributed by atoms with Gasteiger partial charge in [-0.3, -0.25) is 0 Å². The number of aromatic amines is 1. The van der Waals surface area contributed by atoms with E-state index in [2.05, 4.69) is 21.2 Å². The minimum Gasteiger partial charge on any atom is -0.488 e. The quantitative estimate of drug-likeness (QED) is 0.562. The van der Waals surface area contributed by atoms with Crippen LogP contribution in [0, 0.1) is 0 Å². The van der Waals surface area contributed by atoms with Gasteiger partial charge in [-0.15, -0.1) is 0 Å². The fraction of sp³-hybridized carbons (Fsp3) is 0.368. The Labute approximate surface area is 155 Å². The van der Waals surface area contributed by atoms with E-state index in [4.69, 9.17) is 4.74 Å². The highest BCUT2D eigenvalue weighted by Crippen LogP contribution is 2.30. The van der Waals surface area contributed by atoms with E-state index in [0.717, 1.165) is 40.7 Å². The van der Waals surface area contributed by atoms with E-state index < -0.39 is 6.61 Å². The second-order valence-electron chi connectivity index (χ2n) is 6.10. The molecule has 7 heteroatoms. The van der Waals surface area contributed by atoms with Crippen LogP contribution in [0.2, 0.25) is 0 Å². The molecule has 1 N–H and O–H groups in total.